The topological polar surface area (TPSA) is 50.2 Å². The van der Waals surface area contributed by atoms with Crippen molar-refractivity contribution >= 4 is 22.9 Å². The van der Waals surface area contributed by atoms with Gasteiger partial charge in [0.1, 0.15) is 5.82 Å². The van der Waals surface area contributed by atoms with E-state index in [1.165, 1.54) is 10.4 Å². The van der Waals surface area contributed by atoms with E-state index in [0.29, 0.717) is 5.92 Å². The van der Waals surface area contributed by atoms with Crippen molar-refractivity contribution in [1.29, 1.82) is 0 Å². The number of imidazole rings is 1. The van der Waals surface area contributed by atoms with Crippen LogP contribution in [0.25, 0.3) is 0 Å². The summed E-state index contributed by atoms with van der Waals surface area (Å²) in [5, 5.41) is 5.57. The van der Waals surface area contributed by atoms with Crippen LogP contribution in [-0.4, -0.2) is 33.4 Å². The van der Waals surface area contributed by atoms with Gasteiger partial charge in [0.25, 0.3) is 5.91 Å². The first-order valence-corrected chi connectivity index (χ1v) is 11.1. The Balaban J connectivity index is 1.34. The molecule has 1 aliphatic heterocycles. The number of thiophene rings is 1. The van der Waals surface area contributed by atoms with Crippen molar-refractivity contribution < 1.29 is 4.79 Å². The van der Waals surface area contributed by atoms with Gasteiger partial charge in [0.2, 0.25) is 0 Å². The Labute approximate surface area is 176 Å². The van der Waals surface area contributed by atoms with E-state index in [-0.39, 0.29) is 5.91 Å². The predicted molar refractivity (Wildman–Crippen MR) is 118 cm³/mol. The van der Waals surface area contributed by atoms with Crippen LogP contribution in [0, 0.1) is 19.8 Å². The Morgan fingerprint density at radius 2 is 2.07 bits per heavy atom. The standard InChI is InChI=1S/C23H28N4OS/c1-17-9-13-29-22(17)14-25-21-7-5-20(6-8-21)23(28)27-11-3-4-19(16-27)15-26-12-10-24-18(26)2/h5-10,12-13,19,25H,3-4,11,14-16H2,1-2H3. The second kappa shape index (κ2) is 8.82. The third kappa shape index (κ3) is 4.70. The zero-order valence-electron chi connectivity index (χ0n) is 17.1. The van der Waals surface area contributed by atoms with E-state index < -0.39 is 0 Å². The number of carbonyl (C=O) groups is 1. The van der Waals surface area contributed by atoms with Crippen molar-refractivity contribution in [2.24, 2.45) is 5.92 Å². The van der Waals surface area contributed by atoms with Crippen molar-refractivity contribution in [3.8, 4) is 0 Å². The number of nitrogens with zero attached hydrogens (tertiary/aromatic N) is 3. The quantitative estimate of drug-likeness (QED) is 0.642. The second-order valence-corrected chi connectivity index (χ2v) is 8.84. The number of amides is 1. The first-order valence-electron chi connectivity index (χ1n) is 10.2. The van der Waals surface area contributed by atoms with Crippen LogP contribution < -0.4 is 5.32 Å². The molecule has 152 valence electrons. The van der Waals surface area contributed by atoms with Crippen LogP contribution in [0.1, 0.15) is 39.5 Å². The lowest BCUT2D eigenvalue weighted by Crippen LogP contribution is -2.41. The number of likely N-dealkylation sites (tertiary alicyclic amines) is 1. The molecule has 29 heavy (non-hydrogen) atoms. The molecule has 0 bridgehead atoms. The molecule has 6 heteroatoms. The van der Waals surface area contributed by atoms with Crippen molar-refractivity contribution in [3.63, 3.8) is 0 Å². The second-order valence-electron chi connectivity index (χ2n) is 7.84. The Hall–Kier alpha value is -2.60. The summed E-state index contributed by atoms with van der Waals surface area (Å²) in [5.41, 5.74) is 3.13. The van der Waals surface area contributed by atoms with Crippen molar-refractivity contribution in [1.82, 2.24) is 14.5 Å². The fraction of sp³-hybridized carbons (Fsp3) is 0.391. The summed E-state index contributed by atoms with van der Waals surface area (Å²) in [6.45, 7) is 7.57. The highest BCUT2D eigenvalue weighted by molar-refractivity contribution is 7.10. The first kappa shape index (κ1) is 19.7. The smallest absolute Gasteiger partial charge is 0.253 e. The fourth-order valence-electron chi connectivity index (χ4n) is 3.95. The molecule has 3 heterocycles. The average Bonchev–Trinajstić information content (AvgIpc) is 3.34. The maximum absolute atomic E-state index is 13.0. The minimum Gasteiger partial charge on any atom is -0.380 e. The van der Waals surface area contributed by atoms with Crippen molar-refractivity contribution in [2.45, 2.75) is 39.8 Å². The van der Waals surface area contributed by atoms with Gasteiger partial charge in [-0.1, -0.05) is 0 Å². The number of rotatable bonds is 6. The number of aromatic nitrogens is 2. The summed E-state index contributed by atoms with van der Waals surface area (Å²) < 4.78 is 2.19. The van der Waals surface area contributed by atoms with E-state index in [1.807, 2.05) is 48.5 Å². The molecule has 5 nitrogen and oxygen atoms in total. The minimum absolute atomic E-state index is 0.137. The number of hydrogen-bond donors (Lipinski definition) is 1. The number of anilines is 1. The first-order chi connectivity index (χ1) is 14.1. The van der Waals surface area contributed by atoms with Gasteiger partial charge in [-0.2, -0.15) is 0 Å². The van der Waals surface area contributed by atoms with E-state index in [9.17, 15) is 4.79 Å². The van der Waals surface area contributed by atoms with E-state index in [1.54, 1.807) is 11.3 Å². The van der Waals surface area contributed by atoms with Crippen molar-refractivity contribution in [2.75, 3.05) is 18.4 Å². The molecule has 1 unspecified atom stereocenters. The SMILES string of the molecule is Cc1ccsc1CNc1ccc(C(=O)N2CCCC(Cn3ccnc3C)C2)cc1. The Morgan fingerprint density at radius 3 is 2.76 bits per heavy atom. The van der Waals surface area contributed by atoms with Crippen LogP contribution >= 0.6 is 11.3 Å². The van der Waals surface area contributed by atoms with Gasteiger partial charge in [0, 0.05) is 54.7 Å². The summed E-state index contributed by atoms with van der Waals surface area (Å²) >= 11 is 1.77. The molecule has 2 aromatic heterocycles. The van der Waals surface area contributed by atoms with Crippen LogP contribution in [0.2, 0.25) is 0 Å². The van der Waals surface area contributed by atoms with Gasteiger partial charge in [-0.3, -0.25) is 4.79 Å². The molecule has 3 aromatic rings. The van der Waals surface area contributed by atoms with Gasteiger partial charge in [-0.25, -0.2) is 4.98 Å². The maximum Gasteiger partial charge on any atom is 0.253 e. The molecule has 1 aromatic carbocycles. The highest BCUT2D eigenvalue weighted by Crippen LogP contribution is 2.22. The number of aryl methyl sites for hydroxylation is 2. The Kier molecular flexibility index (Phi) is 6.00. The number of hydrogen-bond acceptors (Lipinski definition) is 4. The molecular weight excluding hydrogens is 380 g/mol. The molecule has 4 rings (SSSR count). The van der Waals surface area contributed by atoms with E-state index in [4.69, 9.17) is 0 Å². The normalized spacial score (nSPS) is 16.8. The van der Waals surface area contributed by atoms with E-state index in [0.717, 1.165) is 56.1 Å². The van der Waals surface area contributed by atoms with Gasteiger partial charge in [0.15, 0.2) is 0 Å². The van der Waals surface area contributed by atoms with Crippen LogP contribution in [-0.2, 0) is 13.1 Å². The van der Waals surface area contributed by atoms with Crippen LogP contribution in [0.15, 0.2) is 48.1 Å². The third-order valence-electron chi connectivity index (χ3n) is 5.74. The molecule has 1 fully saturated rings. The maximum atomic E-state index is 13.0. The number of nitrogens with one attached hydrogen (secondary N) is 1. The van der Waals surface area contributed by atoms with Gasteiger partial charge in [0.05, 0.1) is 0 Å². The number of piperidine rings is 1. The summed E-state index contributed by atoms with van der Waals surface area (Å²) in [6, 6.07) is 10.0. The van der Waals surface area contributed by atoms with E-state index in [2.05, 4.69) is 33.2 Å². The molecule has 1 saturated heterocycles. The lowest BCUT2D eigenvalue weighted by atomic mass is 9.97. The molecule has 1 amide bonds. The highest BCUT2D eigenvalue weighted by Gasteiger charge is 2.25. The summed E-state index contributed by atoms with van der Waals surface area (Å²) in [7, 11) is 0. The van der Waals surface area contributed by atoms with Gasteiger partial charge < -0.3 is 14.8 Å². The molecule has 0 saturated carbocycles. The van der Waals surface area contributed by atoms with Gasteiger partial charge >= 0.3 is 0 Å². The predicted octanol–water partition coefficient (Wildman–Crippen LogP) is 4.73. The average molecular weight is 409 g/mol. The van der Waals surface area contributed by atoms with E-state index >= 15 is 0 Å². The zero-order chi connectivity index (χ0) is 20.2. The molecule has 1 atom stereocenters. The molecule has 0 radical (unpaired) electrons. The lowest BCUT2D eigenvalue weighted by Gasteiger charge is -2.33. The lowest BCUT2D eigenvalue weighted by molar-refractivity contribution is 0.0662. The third-order valence-corrected chi connectivity index (χ3v) is 6.76. The summed E-state index contributed by atoms with van der Waals surface area (Å²) in [5.74, 6) is 1.66. The van der Waals surface area contributed by atoms with Crippen molar-refractivity contribution in [3.05, 3.63) is 69.9 Å². The van der Waals surface area contributed by atoms with Crippen LogP contribution in [0.4, 0.5) is 5.69 Å². The fourth-order valence-corrected chi connectivity index (χ4v) is 4.80. The molecule has 1 N–H and O–H groups in total. The molecule has 1 aliphatic rings. The largest absolute Gasteiger partial charge is 0.380 e. The molecule has 0 aliphatic carbocycles. The van der Waals surface area contributed by atoms with Crippen LogP contribution in [0.3, 0.4) is 0 Å². The summed E-state index contributed by atoms with van der Waals surface area (Å²) in [4.78, 5) is 20.7. The minimum atomic E-state index is 0.137. The number of benzene rings is 1. The van der Waals surface area contributed by atoms with Gasteiger partial charge in [-0.05, 0) is 73.9 Å². The Morgan fingerprint density at radius 1 is 1.24 bits per heavy atom. The highest BCUT2D eigenvalue weighted by atomic mass is 32.1. The monoisotopic (exact) mass is 408 g/mol. The zero-order valence-corrected chi connectivity index (χ0v) is 17.9. The summed E-state index contributed by atoms with van der Waals surface area (Å²) in [6.07, 6.45) is 6.09. The molecule has 0 spiro atoms. The van der Waals surface area contributed by atoms with Crippen LogP contribution in [0.5, 0.6) is 0 Å². The Bertz CT molecular complexity index is 959. The molecular formula is C23H28N4OS. The van der Waals surface area contributed by atoms with Gasteiger partial charge in [-0.15, -0.1) is 11.3 Å². The number of carbonyl (C=O) groups excluding carboxylic acids is 1.